The molecular formula is C24H24N2O4S. The molecule has 0 unspecified atom stereocenters. The van der Waals surface area contributed by atoms with Gasteiger partial charge in [-0.25, -0.2) is 8.42 Å². The molecule has 0 saturated carbocycles. The molecule has 0 aliphatic carbocycles. The van der Waals surface area contributed by atoms with Crippen molar-refractivity contribution in [1.29, 1.82) is 0 Å². The Hall–Kier alpha value is -3.03. The average molecular weight is 437 g/mol. The smallest absolute Gasteiger partial charge is 0.243 e. The van der Waals surface area contributed by atoms with Gasteiger partial charge >= 0.3 is 0 Å². The zero-order valence-electron chi connectivity index (χ0n) is 17.2. The van der Waals surface area contributed by atoms with Crippen molar-refractivity contribution in [3.05, 3.63) is 72.3 Å². The van der Waals surface area contributed by atoms with Gasteiger partial charge in [0.15, 0.2) is 5.78 Å². The van der Waals surface area contributed by atoms with Crippen molar-refractivity contribution in [2.75, 3.05) is 18.4 Å². The summed E-state index contributed by atoms with van der Waals surface area (Å²) in [6.45, 7) is 2.02. The summed E-state index contributed by atoms with van der Waals surface area (Å²) in [4.78, 5) is 24.8. The lowest BCUT2D eigenvalue weighted by atomic mass is 9.97. The van der Waals surface area contributed by atoms with E-state index in [1.807, 2.05) is 30.3 Å². The van der Waals surface area contributed by atoms with Crippen LogP contribution in [0.15, 0.2) is 71.6 Å². The minimum Gasteiger partial charge on any atom is -0.325 e. The van der Waals surface area contributed by atoms with Gasteiger partial charge < -0.3 is 5.32 Å². The predicted molar refractivity (Wildman–Crippen MR) is 121 cm³/mol. The second-order valence-electron chi connectivity index (χ2n) is 7.78. The Morgan fingerprint density at radius 1 is 0.903 bits per heavy atom. The van der Waals surface area contributed by atoms with E-state index in [0.29, 0.717) is 24.1 Å². The van der Waals surface area contributed by atoms with Crippen LogP contribution in [-0.4, -0.2) is 37.5 Å². The van der Waals surface area contributed by atoms with Crippen LogP contribution in [0.1, 0.15) is 30.1 Å². The van der Waals surface area contributed by atoms with Crippen molar-refractivity contribution >= 4 is 38.2 Å². The third-order valence-corrected chi connectivity index (χ3v) is 7.64. The van der Waals surface area contributed by atoms with E-state index in [-0.39, 0.29) is 35.6 Å². The number of sulfonamides is 1. The van der Waals surface area contributed by atoms with Crippen molar-refractivity contribution in [3.8, 4) is 0 Å². The van der Waals surface area contributed by atoms with Crippen LogP contribution >= 0.6 is 0 Å². The third-order valence-electron chi connectivity index (χ3n) is 5.75. The van der Waals surface area contributed by atoms with Gasteiger partial charge in [0.2, 0.25) is 15.9 Å². The molecule has 0 bridgehead atoms. The number of fused-ring (bicyclic) bond motifs is 1. The van der Waals surface area contributed by atoms with Crippen LogP contribution in [0.25, 0.3) is 10.8 Å². The largest absolute Gasteiger partial charge is 0.325 e. The number of hydrogen-bond donors (Lipinski definition) is 1. The molecular weight excluding hydrogens is 412 g/mol. The number of nitrogens with zero attached hydrogens (tertiary/aromatic N) is 1. The normalized spacial score (nSPS) is 15.6. The molecule has 0 atom stereocenters. The van der Waals surface area contributed by atoms with Crippen molar-refractivity contribution in [2.45, 2.75) is 24.7 Å². The highest BCUT2D eigenvalue weighted by molar-refractivity contribution is 7.89. The van der Waals surface area contributed by atoms with Gasteiger partial charge in [-0.1, -0.05) is 42.5 Å². The zero-order valence-corrected chi connectivity index (χ0v) is 18.1. The summed E-state index contributed by atoms with van der Waals surface area (Å²) >= 11 is 0. The highest BCUT2D eigenvalue weighted by Crippen LogP contribution is 2.27. The number of carbonyl (C=O) groups is 2. The van der Waals surface area contributed by atoms with Gasteiger partial charge in [-0.3, -0.25) is 9.59 Å². The highest BCUT2D eigenvalue weighted by atomic mass is 32.2. The Morgan fingerprint density at radius 2 is 1.55 bits per heavy atom. The first-order valence-electron chi connectivity index (χ1n) is 10.3. The average Bonchev–Trinajstić information content (AvgIpc) is 2.79. The first kappa shape index (κ1) is 21.2. The topological polar surface area (TPSA) is 83.6 Å². The van der Waals surface area contributed by atoms with E-state index in [1.165, 1.54) is 11.2 Å². The van der Waals surface area contributed by atoms with Gasteiger partial charge in [-0.2, -0.15) is 4.31 Å². The molecule has 1 aliphatic heterocycles. The van der Waals surface area contributed by atoms with Gasteiger partial charge in [-0.15, -0.1) is 0 Å². The molecule has 3 aromatic rings. The van der Waals surface area contributed by atoms with E-state index in [4.69, 9.17) is 0 Å². The first-order chi connectivity index (χ1) is 14.9. The first-order valence-corrected chi connectivity index (χ1v) is 11.7. The Morgan fingerprint density at radius 3 is 2.26 bits per heavy atom. The van der Waals surface area contributed by atoms with Crippen molar-refractivity contribution < 1.29 is 18.0 Å². The molecule has 1 aliphatic rings. The standard InChI is InChI=1S/C24H24N2O4S/c1-17(27)22-8-4-5-9-23(22)25-24(28)19-12-14-26(15-13-19)31(29,30)21-11-10-18-6-2-3-7-20(18)16-21/h2-11,16,19H,12-15H2,1H3,(H,25,28). The molecule has 7 heteroatoms. The summed E-state index contributed by atoms with van der Waals surface area (Å²) < 4.78 is 27.7. The van der Waals surface area contributed by atoms with E-state index in [9.17, 15) is 18.0 Å². The number of anilines is 1. The number of benzene rings is 3. The molecule has 4 rings (SSSR count). The van der Waals surface area contributed by atoms with Crippen molar-refractivity contribution in [2.24, 2.45) is 5.92 Å². The second kappa shape index (κ2) is 8.61. The maximum absolute atomic E-state index is 13.1. The summed E-state index contributed by atoms with van der Waals surface area (Å²) in [6.07, 6.45) is 0.863. The third kappa shape index (κ3) is 4.38. The molecule has 1 heterocycles. The fraction of sp³-hybridized carbons (Fsp3) is 0.250. The fourth-order valence-electron chi connectivity index (χ4n) is 3.97. The molecule has 160 valence electrons. The number of carbonyl (C=O) groups excluding carboxylic acids is 2. The van der Waals surface area contributed by atoms with Gasteiger partial charge in [0.1, 0.15) is 0 Å². The number of hydrogen-bond acceptors (Lipinski definition) is 4. The van der Waals surface area contributed by atoms with Crippen LogP contribution in [0.4, 0.5) is 5.69 Å². The predicted octanol–water partition coefficient (Wildman–Crippen LogP) is 4.08. The lowest BCUT2D eigenvalue weighted by Crippen LogP contribution is -2.41. The van der Waals surface area contributed by atoms with E-state index in [0.717, 1.165) is 10.8 Å². The minimum atomic E-state index is -3.62. The van der Waals surface area contributed by atoms with Crippen molar-refractivity contribution in [1.82, 2.24) is 4.31 Å². The van der Waals surface area contributed by atoms with Gasteiger partial charge in [0.05, 0.1) is 10.6 Å². The molecule has 31 heavy (non-hydrogen) atoms. The van der Waals surface area contributed by atoms with E-state index < -0.39 is 10.0 Å². The summed E-state index contributed by atoms with van der Waals surface area (Å²) in [5, 5.41) is 4.70. The summed E-state index contributed by atoms with van der Waals surface area (Å²) in [6, 6.07) is 19.7. The molecule has 1 N–H and O–H groups in total. The van der Waals surface area contributed by atoms with Crippen LogP contribution in [0.5, 0.6) is 0 Å². The van der Waals surface area contributed by atoms with E-state index in [1.54, 1.807) is 36.4 Å². The SMILES string of the molecule is CC(=O)c1ccccc1NC(=O)C1CCN(S(=O)(=O)c2ccc3ccccc3c2)CC1. The number of Topliss-reactive ketones (excluding diaryl/α,β-unsaturated/α-hetero) is 1. The van der Waals surface area contributed by atoms with Crippen molar-refractivity contribution in [3.63, 3.8) is 0 Å². The molecule has 0 radical (unpaired) electrons. The number of para-hydroxylation sites is 1. The van der Waals surface area contributed by atoms with Gasteiger partial charge in [-0.05, 0) is 54.8 Å². The second-order valence-corrected chi connectivity index (χ2v) is 9.72. The Balaban J connectivity index is 1.44. The quantitative estimate of drug-likeness (QED) is 0.611. The minimum absolute atomic E-state index is 0.118. The van der Waals surface area contributed by atoms with Gasteiger partial charge in [0, 0.05) is 24.6 Å². The Labute approximate surface area is 181 Å². The number of piperidine rings is 1. The van der Waals surface area contributed by atoms with Crippen LogP contribution in [0, 0.1) is 5.92 Å². The zero-order chi connectivity index (χ0) is 22.0. The lowest BCUT2D eigenvalue weighted by molar-refractivity contribution is -0.120. The lowest BCUT2D eigenvalue weighted by Gasteiger charge is -2.30. The molecule has 1 saturated heterocycles. The molecule has 3 aromatic carbocycles. The monoisotopic (exact) mass is 436 g/mol. The van der Waals surface area contributed by atoms with Crippen LogP contribution < -0.4 is 5.32 Å². The number of amides is 1. The highest BCUT2D eigenvalue weighted by Gasteiger charge is 2.32. The number of rotatable bonds is 5. The van der Waals surface area contributed by atoms with Crippen LogP contribution in [0.2, 0.25) is 0 Å². The maximum Gasteiger partial charge on any atom is 0.243 e. The molecule has 0 aromatic heterocycles. The molecule has 1 amide bonds. The Kier molecular flexibility index (Phi) is 5.89. The number of nitrogens with one attached hydrogen (secondary N) is 1. The molecule has 6 nitrogen and oxygen atoms in total. The Bertz CT molecular complexity index is 1250. The summed E-state index contributed by atoms with van der Waals surface area (Å²) in [5.74, 6) is -0.605. The summed E-state index contributed by atoms with van der Waals surface area (Å²) in [7, 11) is -3.62. The fourth-order valence-corrected chi connectivity index (χ4v) is 5.47. The van der Waals surface area contributed by atoms with Crippen LogP contribution in [0.3, 0.4) is 0 Å². The summed E-state index contributed by atoms with van der Waals surface area (Å²) in [5.41, 5.74) is 0.957. The molecule has 1 fully saturated rings. The van der Waals surface area contributed by atoms with E-state index >= 15 is 0 Å². The van der Waals surface area contributed by atoms with E-state index in [2.05, 4.69) is 5.32 Å². The van der Waals surface area contributed by atoms with Crippen LogP contribution in [-0.2, 0) is 14.8 Å². The molecule has 0 spiro atoms. The van der Waals surface area contributed by atoms with Gasteiger partial charge in [0.25, 0.3) is 0 Å². The number of ketones is 1. The maximum atomic E-state index is 13.1.